The van der Waals surface area contributed by atoms with E-state index in [1.165, 1.54) is 42.8 Å². The molecule has 104 heavy (non-hydrogen) atoms. The molecule has 16 rings (SSSR count). The highest BCUT2D eigenvalue weighted by Gasteiger charge is 2.55. The molecule has 0 radical (unpaired) electrons. The van der Waals surface area contributed by atoms with E-state index in [-0.39, 0.29) is 187 Å². The fourth-order valence-corrected chi connectivity index (χ4v) is 16.8. The molecule has 21 nitrogen and oxygen atoms in total. The van der Waals surface area contributed by atoms with E-state index in [9.17, 15) is 9.59 Å². The molecule has 0 saturated carbocycles. The molecule has 12 heterocycles. The number of carbonyl (C=O) groups excluding carboxylic acids is 2. The lowest BCUT2D eigenvalue weighted by Crippen LogP contribution is -2.48. The highest BCUT2D eigenvalue weighted by molar-refractivity contribution is 6.36. The number of amides is 2. The predicted molar refractivity (Wildman–Crippen MR) is 381 cm³/mol. The van der Waals surface area contributed by atoms with Gasteiger partial charge < -0.3 is 33.6 Å². The van der Waals surface area contributed by atoms with Crippen LogP contribution in [0.1, 0.15) is 105 Å². The van der Waals surface area contributed by atoms with E-state index < -0.39 is 52.7 Å². The Bertz CT molecular complexity index is 5130. The van der Waals surface area contributed by atoms with E-state index in [1.807, 2.05) is 42.7 Å². The van der Waals surface area contributed by atoms with Crippen molar-refractivity contribution in [3.05, 3.63) is 154 Å². The highest BCUT2D eigenvalue weighted by atomic mass is 35.5. The number of aromatic nitrogens is 10. The number of carbonyl (C=O) groups is 2. The summed E-state index contributed by atoms with van der Waals surface area (Å²) in [5, 5.41) is 6.14. The van der Waals surface area contributed by atoms with E-state index in [0.29, 0.717) is 65.1 Å². The van der Waals surface area contributed by atoms with Crippen molar-refractivity contribution in [3.8, 4) is 34.5 Å². The van der Waals surface area contributed by atoms with Crippen molar-refractivity contribution in [1.29, 1.82) is 0 Å². The fourth-order valence-electron chi connectivity index (χ4n) is 16.5. The molecule has 2 amide bonds. The van der Waals surface area contributed by atoms with Crippen molar-refractivity contribution < 1.29 is 49.9 Å². The SMILES string of the molecule is Cc1cc(/C=C/C(=O)N2CCN(c3nc(OC[C@@]45CCC(c6cc7cccc(-c8ncc9c(N(C)[C@@H]%10CCN(C(=O)/C=C/c%11nc(C(C)C)no%11)C%10)nc(OC[C@@]%10%11CCCN%10C[C@H](F)C%11)nc9c8F)c7c(F)c6F)N4C[C@H](F)C5)nc4c(F)c(-c5cccc6cccc(Cl)c56)ncc34)CC2)nc(C)n1. The standard InChI is InChI=1S/C76H73ClF6N16O5/c1-41(2)70-88-57(104-93-70)17-19-59(101)97-25-21-49(38-97)94(5)71-53-34-84-67(65(83)68(53)89-73(91-71)102-39-75-22-9-24-98(75)36-46(78)32-75)51-14-7-12-45-31-52(62(80)63(81)61(45)51)56-20-23-76(33-47(79)37-99(56)76)40-103-74-90-69-54(35-85-66(64(69)82)50-13-6-10-44-11-8-15-55(77)60(44)50)72(92-74)96-28-26-95(27-29-96)58(100)18-16-48-30-42(3)86-43(4)87-48/h6-8,10-19,30-31,34-35,41,46-47,49,56H,9,20-29,32-33,36-40H2,1-5H3/b18-16+,19-17+/t46-,47-,49-,56?,75+,76+/m1/s1. The second kappa shape index (κ2) is 27.2. The summed E-state index contributed by atoms with van der Waals surface area (Å²) in [6, 6.07) is 17.1. The van der Waals surface area contributed by atoms with Gasteiger partial charge in [-0.1, -0.05) is 79.1 Å². The Morgan fingerprint density at radius 3 is 2.09 bits per heavy atom. The molecule has 6 saturated heterocycles. The van der Waals surface area contributed by atoms with Gasteiger partial charge in [-0.15, -0.1) is 0 Å². The Kier molecular flexibility index (Phi) is 17.9. The van der Waals surface area contributed by atoms with Crippen molar-refractivity contribution in [3.63, 3.8) is 0 Å². The molecule has 0 spiro atoms. The van der Waals surface area contributed by atoms with Crippen molar-refractivity contribution in [2.75, 3.05) is 89.0 Å². The van der Waals surface area contributed by atoms with E-state index in [2.05, 4.69) is 40.0 Å². The summed E-state index contributed by atoms with van der Waals surface area (Å²) in [7, 11) is 1.77. The zero-order chi connectivity index (χ0) is 72.0. The lowest BCUT2D eigenvalue weighted by Gasteiger charge is -2.36. The van der Waals surface area contributed by atoms with Crippen LogP contribution in [0.15, 0.2) is 95.8 Å². The molecule has 1 unspecified atom stereocenters. The number of pyridine rings is 2. The number of piperazine rings is 1. The van der Waals surface area contributed by atoms with Gasteiger partial charge in [-0.05, 0) is 87.5 Å². The van der Waals surface area contributed by atoms with Crippen LogP contribution >= 0.6 is 11.6 Å². The lowest BCUT2D eigenvalue weighted by molar-refractivity contribution is -0.126. The first-order valence-electron chi connectivity index (χ1n) is 35.1. The molecule has 6 aromatic heterocycles. The predicted octanol–water partition coefficient (Wildman–Crippen LogP) is 12.9. The summed E-state index contributed by atoms with van der Waals surface area (Å²) < 4.78 is 120. The molecule has 0 bridgehead atoms. The van der Waals surface area contributed by atoms with Crippen molar-refractivity contribution in [2.45, 2.75) is 114 Å². The molecular formula is C76H73ClF6N16O5. The normalized spacial score (nSPS) is 22.3. The maximum Gasteiger partial charge on any atom is 0.319 e. The lowest BCUT2D eigenvalue weighted by atomic mass is 9.93. The molecule has 0 N–H and O–H groups in total. The number of aryl methyl sites for hydroxylation is 2. The smallest absolute Gasteiger partial charge is 0.319 e. The Morgan fingerprint density at radius 1 is 0.683 bits per heavy atom. The van der Waals surface area contributed by atoms with Gasteiger partial charge in [-0.2, -0.15) is 24.9 Å². The molecule has 10 aromatic rings. The Balaban J connectivity index is 0.691. The molecule has 0 aliphatic carbocycles. The number of anilines is 2. The molecule has 536 valence electrons. The first-order chi connectivity index (χ1) is 50.2. The van der Waals surface area contributed by atoms with Crippen LogP contribution in [-0.4, -0.2) is 190 Å². The van der Waals surface area contributed by atoms with E-state index in [4.69, 9.17) is 40.5 Å². The van der Waals surface area contributed by atoms with Gasteiger partial charge >= 0.3 is 12.0 Å². The third-order valence-corrected chi connectivity index (χ3v) is 21.9. The number of hydrogen-bond acceptors (Lipinski definition) is 19. The Morgan fingerprint density at radius 2 is 1.35 bits per heavy atom. The zero-order valence-corrected chi connectivity index (χ0v) is 58.5. The highest BCUT2D eigenvalue weighted by Crippen LogP contribution is 2.52. The average Bonchev–Trinajstić information content (AvgIpc) is 1.52. The zero-order valence-electron chi connectivity index (χ0n) is 57.8. The van der Waals surface area contributed by atoms with Crippen LogP contribution in [0.2, 0.25) is 5.02 Å². The maximum atomic E-state index is 17.9. The van der Waals surface area contributed by atoms with Crippen molar-refractivity contribution in [1.82, 2.24) is 69.6 Å². The second-order valence-corrected chi connectivity index (χ2v) is 28.9. The van der Waals surface area contributed by atoms with Gasteiger partial charge in [0.1, 0.15) is 65.4 Å². The van der Waals surface area contributed by atoms with Crippen molar-refractivity contribution in [2.24, 2.45) is 0 Å². The molecule has 28 heteroatoms. The number of fused-ring (bicyclic) bond motifs is 6. The van der Waals surface area contributed by atoms with Crippen LogP contribution in [-0.2, 0) is 9.59 Å². The van der Waals surface area contributed by atoms with E-state index in [0.717, 1.165) is 17.5 Å². The third-order valence-electron chi connectivity index (χ3n) is 21.6. The number of alkyl halides is 2. The van der Waals surface area contributed by atoms with E-state index in [1.54, 1.807) is 77.2 Å². The van der Waals surface area contributed by atoms with Crippen molar-refractivity contribution >= 4 is 90.6 Å². The number of benzene rings is 4. The minimum Gasteiger partial charge on any atom is -0.461 e. The summed E-state index contributed by atoms with van der Waals surface area (Å²) in [5.74, 6) is -2.86. The Labute approximate surface area is 599 Å². The van der Waals surface area contributed by atoms with Crippen LogP contribution < -0.4 is 19.3 Å². The molecule has 6 aliphatic rings. The van der Waals surface area contributed by atoms with Crippen LogP contribution in [0, 0.1) is 37.1 Å². The second-order valence-electron chi connectivity index (χ2n) is 28.5. The summed E-state index contributed by atoms with van der Waals surface area (Å²) in [4.78, 5) is 79.5. The van der Waals surface area contributed by atoms with Crippen LogP contribution in [0.25, 0.3) is 78.0 Å². The summed E-state index contributed by atoms with van der Waals surface area (Å²) in [6.45, 7) is 9.93. The fraction of sp³-hybridized carbons (Fsp3) is 0.395. The van der Waals surface area contributed by atoms with Gasteiger partial charge in [0.2, 0.25) is 11.8 Å². The Hall–Kier alpha value is -9.99. The topological polar surface area (TPSA) is 214 Å². The number of nitrogens with zero attached hydrogens (tertiary/aromatic N) is 16. The van der Waals surface area contributed by atoms with Gasteiger partial charge in [0, 0.05) is 159 Å². The van der Waals surface area contributed by atoms with Gasteiger partial charge in [-0.3, -0.25) is 29.4 Å². The molecular weight excluding hydrogens is 1370 g/mol. The quantitative estimate of drug-likeness (QED) is 0.0612. The monoisotopic (exact) mass is 1440 g/mol. The van der Waals surface area contributed by atoms with Crippen LogP contribution in [0.5, 0.6) is 12.0 Å². The van der Waals surface area contributed by atoms with Gasteiger partial charge in [-0.25, -0.2) is 36.3 Å². The molecule has 4 aromatic carbocycles. The number of rotatable bonds is 17. The minimum atomic E-state index is -1.40. The third kappa shape index (κ3) is 12.5. The number of halogens is 7. The first-order valence-corrected chi connectivity index (χ1v) is 35.5. The number of likely N-dealkylation sites (N-methyl/N-ethyl adjacent to an activating group) is 1. The number of ether oxygens (including phenoxy) is 2. The van der Waals surface area contributed by atoms with Crippen LogP contribution in [0.3, 0.4) is 0 Å². The van der Waals surface area contributed by atoms with Gasteiger partial charge in [0.05, 0.1) is 27.5 Å². The molecule has 6 fully saturated rings. The summed E-state index contributed by atoms with van der Waals surface area (Å²) in [6.07, 6.45) is 9.24. The average molecular weight is 1440 g/mol. The largest absolute Gasteiger partial charge is 0.461 e. The summed E-state index contributed by atoms with van der Waals surface area (Å²) >= 11 is 6.77. The number of hydrogen-bond donors (Lipinski definition) is 0. The van der Waals surface area contributed by atoms with E-state index >= 15 is 26.3 Å². The maximum absolute atomic E-state index is 17.9. The van der Waals surface area contributed by atoms with Gasteiger partial charge in [0.15, 0.2) is 29.1 Å². The summed E-state index contributed by atoms with van der Waals surface area (Å²) in [5.41, 5.74) is -0.677. The van der Waals surface area contributed by atoms with Crippen LogP contribution in [0.4, 0.5) is 38.0 Å². The number of likely N-dealkylation sites (tertiary alicyclic amines) is 1. The first kappa shape index (κ1) is 68.4. The molecule has 6 atom stereocenters. The molecule has 6 aliphatic heterocycles. The van der Waals surface area contributed by atoms with Gasteiger partial charge in [0.25, 0.3) is 5.89 Å². The minimum absolute atomic E-state index is 0.0172.